The third-order valence-electron chi connectivity index (χ3n) is 4.70. The Hall–Kier alpha value is -1.06. The van der Waals surface area contributed by atoms with Crippen LogP contribution in [0.4, 0.5) is 0 Å². The summed E-state index contributed by atoms with van der Waals surface area (Å²) in [6, 6.07) is -0.630. The van der Waals surface area contributed by atoms with Crippen molar-refractivity contribution in [1.29, 1.82) is 0 Å². The van der Waals surface area contributed by atoms with Crippen LogP contribution in [0.15, 0.2) is 0 Å². The zero-order chi connectivity index (χ0) is 14.7. The van der Waals surface area contributed by atoms with E-state index in [-0.39, 0.29) is 23.9 Å². The number of hydrogen-bond donors (Lipinski definition) is 1. The normalized spacial score (nSPS) is 28.3. The molecule has 0 spiro atoms. The Kier molecular flexibility index (Phi) is 5.06. The minimum absolute atomic E-state index is 0.00155. The second-order valence-electron chi connectivity index (χ2n) is 6.84. The van der Waals surface area contributed by atoms with Gasteiger partial charge in [-0.3, -0.25) is 9.59 Å². The van der Waals surface area contributed by atoms with Crippen molar-refractivity contribution in [2.24, 2.45) is 11.8 Å². The van der Waals surface area contributed by atoms with Crippen molar-refractivity contribution in [3.05, 3.63) is 0 Å². The molecule has 1 aliphatic carbocycles. The number of piperazine rings is 1. The number of hydrogen-bond acceptors (Lipinski definition) is 2. The van der Waals surface area contributed by atoms with Crippen molar-refractivity contribution in [2.75, 3.05) is 6.54 Å². The molecular weight excluding hydrogens is 252 g/mol. The molecule has 20 heavy (non-hydrogen) atoms. The average Bonchev–Trinajstić information content (AvgIpc) is 2.88. The van der Waals surface area contributed by atoms with Gasteiger partial charge < -0.3 is 10.2 Å². The number of carbonyl (C=O) groups excluding carboxylic acids is 2. The number of rotatable bonds is 5. The summed E-state index contributed by atoms with van der Waals surface area (Å²) in [5.74, 6) is 1.28. The Bertz CT molecular complexity index is 361. The van der Waals surface area contributed by atoms with Crippen molar-refractivity contribution in [3.63, 3.8) is 0 Å². The Morgan fingerprint density at radius 2 is 1.90 bits per heavy atom. The Morgan fingerprint density at radius 3 is 2.50 bits per heavy atom. The molecule has 2 aliphatic rings. The maximum absolute atomic E-state index is 12.5. The number of nitrogens with one attached hydrogen (secondary N) is 1. The van der Waals surface area contributed by atoms with E-state index in [4.69, 9.17) is 0 Å². The van der Waals surface area contributed by atoms with Gasteiger partial charge in [0.2, 0.25) is 11.8 Å². The van der Waals surface area contributed by atoms with Gasteiger partial charge >= 0.3 is 0 Å². The fourth-order valence-electron chi connectivity index (χ4n) is 3.44. The molecule has 1 aliphatic heterocycles. The number of carbonyl (C=O) groups is 2. The van der Waals surface area contributed by atoms with Crippen LogP contribution in [-0.4, -0.2) is 35.3 Å². The van der Waals surface area contributed by atoms with E-state index in [1.54, 1.807) is 0 Å². The zero-order valence-electron chi connectivity index (χ0n) is 13.0. The van der Waals surface area contributed by atoms with Crippen LogP contribution in [0.2, 0.25) is 0 Å². The molecular formula is C16H28N2O2. The van der Waals surface area contributed by atoms with Crippen molar-refractivity contribution in [2.45, 2.75) is 71.4 Å². The highest BCUT2D eigenvalue weighted by Gasteiger charge is 2.38. The van der Waals surface area contributed by atoms with Crippen molar-refractivity contribution < 1.29 is 9.59 Å². The van der Waals surface area contributed by atoms with Crippen LogP contribution in [0, 0.1) is 11.8 Å². The molecule has 0 aromatic carbocycles. The molecule has 0 aromatic heterocycles. The molecule has 0 bridgehead atoms. The summed E-state index contributed by atoms with van der Waals surface area (Å²) >= 11 is 0. The van der Waals surface area contributed by atoms with Gasteiger partial charge in [-0.15, -0.1) is 0 Å². The van der Waals surface area contributed by atoms with Crippen molar-refractivity contribution >= 4 is 11.8 Å². The summed E-state index contributed by atoms with van der Waals surface area (Å²) in [6.45, 7) is 6.75. The van der Waals surface area contributed by atoms with E-state index < -0.39 is 0 Å². The first-order valence-corrected chi connectivity index (χ1v) is 8.10. The molecule has 2 atom stereocenters. The highest BCUT2D eigenvalue weighted by molar-refractivity contribution is 5.96. The lowest BCUT2D eigenvalue weighted by Gasteiger charge is -2.38. The van der Waals surface area contributed by atoms with E-state index in [0.29, 0.717) is 5.92 Å². The fraction of sp³-hybridized carbons (Fsp3) is 0.875. The highest BCUT2D eigenvalue weighted by atomic mass is 16.2. The summed E-state index contributed by atoms with van der Waals surface area (Å²) < 4.78 is 0. The first-order valence-electron chi connectivity index (χ1n) is 8.10. The van der Waals surface area contributed by atoms with Gasteiger partial charge in [0, 0.05) is 6.54 Å². The quantitative estimate of drug-likeness (QED) is 0.840. The number of amides is 2. The van der Waals surface area contributed by atoms with Gasteiger partial charge in [-0.2, -0.15) is 0 Å². The van der Waals surface area contributed by atoms with E-state index in [2.05, 4.69) is 19.2 Å². The topological polar surface area (TPSA) is 49.4 Å². The molecule has 114 valence electrons. The molecule has 4 heteroatoms. The predicted octanol–water partition coefficient (Wildman–Crippen LogP) is 2.33. The minimum Gasteiger partial charge on any atom is -0.343 e. The molecule has 2 unspecified atom stereocenters. The van der Waals surface area contributed by atoms with Crippen molar-refractivity contribution in [3.8, 4) is 0 Å². The maximum atomic E-state index is 12.5. The van der Waals surface area contributed by atoms with Crippen LogP contribution in [0.1, 0.15) is 59.3 Å². The van der Waals surface area contributed by atoms with Gasteiger partial charge in [-0.1, -0.05) is 39.5 Å². The van der Waals surface area contributed by atoms with E-state index in [0.717, 1.165) is 25.3 Å². The van der Waals surface area contributed by atoms with Gasteiger partial charge in [0.25, 0.3) is 0 Å². The van der Waals surface area contributed by atoms with Crippen LogP contribution in [-0.2, 0) is 9.59 Å². The summed E-state index contributed by atoms with van der Waals surface area (Å²) in [7, 11) is 0. The lowest BCUT2D eigenvalue weighted by Crippen LogP contribution is -2.62. The molecule has 2 amide bonds. The lowest BCUT2D eigenvalue weighted by molar-refractivity contribution is -0.149. The molecule has 2 fully saturated rings. The van der Waals surface area contributed by atoms with Crippen LogP contribution in [0.25, 0.3) is 0 Å². The Morgan fingerprint density at radius 1 is 1.25 bits per heavy atom. The summed E-state index contributed by atoms with van der Waals surface area (Å²) in [5.41, 5.74) is 0. The average molecular weight is 280 g/mol. The second-order valence-corrected chi connectivity index (χ2v) is 6.84. The predicted molar refractivity (Wildman–Crippen MR) is 79.1 cm³/mol. The molecule has 2 rings (SSSR count). The zero-order valence-corrected chi connectivity index (χ0v) is 13.0. The van der Waals surface area contributed by atoms with Crippen LogP contribution >= 0.6 is 0 Å². The molecule has 4 nitrogen and oxygen atoms in total. The summed E-state index contributed by atoms with van der Waals surface area (Å²) in [6.07, 6.45) is 7.01. The van der Waals surface area contributed by atoms with Gasteiger partial charge in [-0.05, 0) is 31.6 Å². The monoisotopic (exact) mass is 280 g/mol. The van der Waals surface area contributed by atoms with Gasteiger partial charge in [0.1, 0.15) is 12.1 Å². The van der Waals surface area contributed by atoms with Gasteiger partial charge in [-0.25, -0.2) is 0 Å². The third-order valence-corrected chi connectivity index (χ3v) is 4.70. The third kappa shape index (κ3) is 3.53. The Balaban J connectivity index is 1.95. The first kappa shape index (κ1) is 15.3. The van der Waals surface area contributed by atoms with E-state index in [1.807, 2.05) is 11.8 Å². The molecule has 1 N–H and O–H groups in total. The smallest absolute Gasteiger partial charge is 0.245 e. The molecule has 0 radical (unpaired) electrons. The lowest BCUT2D eigenvalue weighted by atomic mass is 9.97. The highest BCUT2D eigenvalue weighted by Crippen LogP contribution is 2.28. The standard InChI is InChI=1S/C16H28N2O2/c1-11(2)10-14-16(20)18(12(3)15(19)17-14)9-8-13-6-4-5-7-13/h11-14H,4-10H2,1-3H3,(H,17,19). The van der Waals surface area contributed by atoms with E-state index in [1.165, 1.54) is 25.7 Å². The Labute approximate surface area is 122 Å². The van der Waals surface area contributed by atoms with Crippen LogP contribution < -0.4 is 5.32 Å². The van der Waals surface area contributed by atoms with Gasteiger partial charge in [0.05, 0.1) is 0 Å². The van der Waals surface area contributed by atoms with Crippen molar-refractivity contribution in [1.82, 2.24) is 10.2 Å². The fourth-order valence-corrected chi connectivity index (χ4v) is 3.44. The molecule has 1 saturated carbocycles. The molecule has 1 saturated heterocycles. The largest absolute Gasteiger partial charge is 0.343 e. The SMILES string of the molecule is CC(C)CC1NC(=O)C(C)N(CCC2CCCC2)C1=O. The summed E-state index contributed by atoms with van der Waals surface area (Å²) in [4.78, 5) is 26.4. The molecule has 0 aromatic rings. The minimum atomic E-state index is -0.317. The first-order chi connectivity index (χ1) is 9.49. The maximum Gasteiger partial charge on any atom is 0.245 e. The summed E-state index contributed by atoms with van der Waals surface area (Å²) in [5, 5.41) is 2.88. The molecule has 1 heterocycles. The number of nitrogens with zero attached hydrogens (tertiary/aromatic N) is 1. The van der Waals surface area contributed by atoms with Gasteiger partial charge in [0.15, 0.2) is 0 Å². The van der Waals surface area contributed by atoms with Crippen LogP contribution in [0.3, 0.4) is 0 Å². The second kappa shape index (κ2) is 6.59. The van der Waals surface area contributed by atoms with Crippen LogP contribution in [0.5, 0.6) is 0 Å². The van der Waals surface area contributed by atoms with E-state index in [9.17, 15) is 9.59 Å². The van der Waals surface area contributed by atoms with E-state index >= 15 is 0 Å².